The topological polar surface area (TPSA) is 20.2 Å². The van der Waals surface area contributed by atoms with Crippen LogP contribution >= 0.6 is 11.8 Å². The van der Waals surface area contributed by atoms with E-state index in [-0.39, 0.29) is 17.8 Å². The first kappa shape index (κ1) is 13.5. The molecule has 90 valence electrons. The molecule has 0 aliphatic heterocycles. The van der Waals surface area contributed by atoms with E-state index < -0.39 is 11.6 Å². The van der Waals surface area contributed by atoms with Crippen LogP contribution in [0.3, 0.4) is 0 Å². The first-order chi connectivity index (χ1) is 7.54. The van der Waals surface area contributed by atoms with Gasteiger partial charge in [0, 0.05) is 11.9 Å². The van der Waals surface area contributed by atoms with E-state index in [0.29, 0.717) is 0 Å². The van der Waals surface area contributed by atoms with Gasteiger partial charge in [0.2, 0.25) is 0 Å². The Bertz CT molecular complexity index is 344. The van der Waals surface area contributed by atoms with Crippen molar-refractivity contribution in [1.82, 2.24) is 0 Å². The Kier molecular flexibility index (Phi) is 5.22. The summed E-state index contributed by atoms with van der Waals surface area (Å²) in [6, 6.07) is 3.98. The summed E-state index contributed by atoms with van der Waals surface area (Å²) in [5.74, 6) is -0.598. The van der Waals surface area contributed by atoms with Crippen LogP contribution in [0.5, 0.6) is 0 Å². The highest BCUT2D eigenvalue weighted by molar-refractivity contribution is 7.99. The molecule has 0 heterocycles. The SMILES string of the molecule is CC(CO)CSC(C)c1ccc(F)c(F)c1. The monoisotopic (exact) mass is 246 g/mol. The van der Waals surface area contributed by atoms with Crippen molar-refractivity contribution in [2.75, 3.05) is 12.4 Å². The Hall–Kier alpha value is -0.610. The summed E-state index contributed by atoms with van der Waals surface area (Å²) < 4.78 is 25.7. The first-order valence-electron chi connectivity index (χ1n) is 5.22. The van der Waals surface area contributed by atoms with Gasteiger partial charge >= 0.3 is 0 Å². The van der Waals surface area contributed by atoms with Crippen molar-refractivity contribution in [2.24, 2.45) is 5.92 Å². The zero-order valence-corrected chi connectivity index (χ0v) is 10.2. The molecule has 2 unspecified atom stereocenters. The van der Waals surface area contributed by atoms with Gasteiger partial charge in [0.25, 0.3) is 0 Å². The number of hydrogen-bond donors (Lipinski definition) is 1. The van der Waals surface area contributed by atoms with Gasteiger partial charge in [-0.1, -0.05) is 13.0 Å². The molecule has 0 aliphatic carbocycles. The van der Waals surface area contributed by atoms with E-state index >= 15 is 0 Å². The molecular weight excluding hydrogens is 230 g/mol. The van der Waals surface area contributed by atoms with Crippen LogP contribution in [0.25, 0.3) is 0 Å². The van der Waals surface area contributed by atoms with Gasteiger partial charge in [0.15, 0.2) is 11.6 Å². The lowest BCUT2D eigenvalue weighted by molar-refractivity contribution is 0.250. The Balaban J connectivity index is 2.59. The van der Waals surface area contributed by atoms with Crippen molar-refractivity contribution >= 4 is 11.8 Å². The second-order valence-corrected chi connectivity index (χ2v) is 5.31. The minimum Gasteiger partial charge on any atom is -0.396 e. The van der Waals surface area contributed by atoms with Gasteiger partial charge in [0.05, 0.1) is 0 Å². The third kappa shape index (κ3) is 3.76. The minimum atomic E-state index is -0.815. The number of hydrogen-bond acceptors (Lipinski definition) is 2. The molecule has 0 saturated carbocycles. The molecule has 0 radical (unpaired) electrons. The molecule has 0 saturated heterocycles. The highest BCUT2D eigenvalue weighted by Gasteiger charge is 2.11. The molecule has 0 aliphatic rings. The summed E-state index contributed by atoms with van der Waals surface area (Å²) in [5, 5.41) is 8.98. The van der Waals surface area contributed by atoms with Crippen molar-refractivity contribution in [3.63, 3.8) is 0 Å². The van der Waals surface area contributed by atoms with Gasteiger partial charge in [-0.3, -0.25) is 0 Å². The van der Waals surface area contributed by atoms with E-state index in [1.165, 1.54) is 6.07 Å². The maximum absolute atomic E-state index is 13.0. The van der Waals surface area contributed by atoms with E-state index in [1.54, 1.807) is 17.8 Å². The molecule has 1 rings (SSSR count). The predicted octanol–water partition coefficient (Wildman–Crippen LogP) is 3.39. The van der Waals surface area contributed by atoms with E-state index in [1.807, 2.05) is 13.8 Å². The second-order valence-electron chi connectivity index (χ2n) is 3.94. The van der Waals surface area contributed by atoms with Gasteiger partial charge in [-0.15, -0.1) is 0 Å². The van der Waals surface area contributed by atoms with Crippen LogP contribution in [-0.2, 0) is 0 Å². The number of halogens is 2. The van der Waals surface area contributed by atoms with Crippen molar-refractivity contribution in [3.05, 3.63) is 35.4 Å². The van der Waals surface area contributed by atoms with Crippen LogP contribution in [0.1, 0.15) is 24.7 Å². The lowest BCUT2D eigenvalue weighted by atomic mass is 10.1. The molecule has 4 heteroatoms. The van der Waals surface area contributed by atoms with Crippen LogP contribution in [0.2, 0.25) is 0 Å². The first-order valence-corrected chi connectivity index (χ1v) is 6.27. The number of thioether (sulfide) groups is 1. The summed E-state index contributed by atoms with van der Waals surface area (Å²) in [6.07, 6.45) is 0. The summed E-state index contributed by atoms with van der Waals surface area (Å²) in [6.45, 7) is 4.05. The molecule has 1 N–H and O–H groups in total. The van der Waals surface area contributed by atoms with Crippen LogP contribution in [0.15, 0.2) is 18.2 Å². The third-order valence-corrected chi connectivity index (χ3v) is 3.89. The molecule has 0 bridgehead atoms. The van der Waals surface area contributed by atoms with E-state index in [4.69, 9.17) is 5.11 Å². The lowest BCUT2D eigenvalue weighted by Crippen LogP contribution is -2.05. The average molecular weight is 246 g/mol. The molecule has 1 aromatic carbocycles. The van der Waals surface area contributed by atoms with Gasteiger partial charge in [-0.2, -0.15) is 11.8 Å². The van der Waals surface area contributed by atoms with Gasteiger partial charge in [0.1, 0.15) is 0 Å². The predicted molar refractivity (Wildman–Crippen MR) is 63.5 cm³/mol. The summed E-state index contributed by atoms with van der Waals surface area (Å²) in [4.78, 5) is 0. The molecule has 0 fully saturated rings. The molecule has 0 amide bonds. The zero-order valence-electron chi connectivity index (χ0n) is 9.41. The van der Waals surface area contributed by atoms with Crippen LogP contribution in [0.4, 0.5) is 8.78 Å². The van der Waals surface area contributed by atoms with Gasteiger partial charge in [-0.05, 0) is 36.3 Å². The van der Waals surface area contributed by atoms with Gasteiger partial charge in [-0.25, -0.2) is 8.78 Å². The normalized spacial score (nSPS) is 14.8. The summed E-state index contributed by atoms with van der Waals surface area (Å²) in [7, 11) is 0. The number of benzene rings is 1. The fourth-order valence-electron chi connectivity index (χ4n) is 1.22. The van der Waals surface area contributed by atoms with Crippen molar-refractivity contribution in [1.29, 1.82) is 0 Å². The van der Waals surface area contributed by atoms with Crippen LogP contribution < -0.4 is 0 Å². The third-order valence-electron chi connectivity index (χ3n) is 2.36. The molecule has 1 nitrogen and oxygen atoms in total. The van der Waals surface area contributed by atoms with Crippen molar-refractivity contribution < 1.29 is 13.9 Å². The van der Waals surface area contributed by atoms with Crippen LogP contribution in [-0.4, -0.2) is 17.5 Å². The molecule has 16 heavy (non-hydrogen) atoms. The fourth-order valence-corrected chi connectivity index (χ4v) is 2.28. The highest BCUT2D eigenvalue weighted by Crippen LogP contribution is 2.30. The minimum absolute atomic E-state index is 0.101. The largest absolute Gasteiger partial charge is 0.396 e. The van der Waals surface area contributed by atoms with E-state index in [9.17, 15) is 8.78 Å². The highest BCUT2D eigenvalue weighted by atomic mass is 32.2. The number of rotatable bonds is 5. The standard InChI is InChI=1S/C12H16F2OS/c1-8(6-15)7-16-9(2)10-3-4-11(13)12(14)5-10/h3-5,8-9,15H,6-7H2,1-2H3. The second kappa shape index (κ2) is 6.21. The van der Waals surface area contributed by atoms with E-state index in [2.05, 4.69) is 0 Å². The molecule has 1 aromatic rings. The Morgan fingerprint density at radius 2 is 1.94 bits per heavy atom. The summed E-state index contributed by atoms with van der Waals surface area (Å²) in [5.41, 5.74) is 0.772. The van der Waals surface area contributed by atoms with Crippen molar-refractivity contribution in [2.45, 2.75) is 19.1 Å². The molecule has 0 aromatic heterocycles. The fraction of sp³-hybridized carbons (Fsp3) is 0.500. The molecule has 0 spiro atoms. The summed E-state index contributed by atoms with van der Waals surface area (Å²) >= 11 is 1.63. The maximum Gasteiger partial charge on any atom is 0.159 e. The van der Waals surface area contributed by atoms with E-state index in [0.717, 1.165) is 17.4 Å². The smallest absolute Gasteiger partial charge is 0.159 e. The Morgan fingerprint density at radius 1 is 1.25 bits per heavy atom. The average Bonchev–Trinajstić information content (AvgIpc) is 2.29. The maximum atomic E-state index is 13.0. The number of aliphatic hydroxyl groups is 1. The van der Waals surface area contributed by atoms with Gasteiger partial charge < -0.3 is 5.11 Å². The molecular formula is C12H16F2OS. The Labute approximate surface area is 98.9 Å². The lowest BCUT2D eigenvalue weighted by Gasteiger charge is -2.14. The number of aliphatic hydroxyl groups excluding tert-OH is 1. The van der Waals surface area contributed by atoms with Crippen LogP contribution in [0, 0.1) is 17.6 Å². The quantitative estimate of drug-likeness (QED) is 0.859. The Morgan fingerprint density at radius 3 is 2.50 bits per heavy atom. The molecule has 2 atom stereocenters. The van der Waals surface area contributed by atoms with Crippen molar-refractivity contribution in [3.8, 4) is 0 Å². The zero-order chi connectivity index (χ0) is 12.1.